The van der Waals surface area contributed by atoms with Gasteiger partial charge in [-0.25, -0.2) is 14.5 Å². The second-order valence-electron chi connectivity index (χ2n) is 8.60. The van der Waals surface area contributed by atoms with Crippen LogP contribution in [-0.4, -0.2) is 62.0 Å². The normalized spacial score (nSPS) is 13.8. The van der Waals surface area contributed by atoms with E-state index >= 15 is 0 Å². The highest BCUT2D eigenvalue weighted by Crippen LogP contribution is 2.27. The summed E-state index contributed by atoms with van der Waals surface area (Å²) in [7, 11) is 1.72. The van der Waals surface area contributed by atoms with E-state index in [-0.39, 0.29) is 11.1 Å². The second-order valence-corrected chi connectivity index (χ2v) is 9.00. The van der Waals surface area contributed by atoms with Crippen molar-refractivity contribution < 1.29 is 9.90 Å². The zero-order valence-electron chi connectivity index (χ0n) is 19.8. The number of benzene rings is 2. The number of nitrogens with zero attached hydrogens (tertiary/aromatic N) is 6. The number of aromatic nitrogens is 4. The third-order valence-corrected chi connectivity index (χ3v) is 6.59. The van der Waals surface area contributed by atoms with Crippen LogP contribution in [0.2, 0.25) is 5.02 Å². The highest BCUT2D eigenvalue weighted by Gasteiger charge is 2.21. The van der Waals surface area contributed by atoms with Crippen LogP contribution in [0.4, 0.5) is 22.1 Å². The van der Waals surface area contributed by atoms with Crippen LogP contribution in [0, 0.1) is 6.92 Å². The van der Waals surface area contributed by atoms with E-state index in [0.717, 1.165) is 16.9 Å². The smallest absolute Gasteiger partial charge is 0.407 e. The lowest BCUT2D eigenvalue weighted by Crippen LogP contribution is -2.48. The van der Waals surface area contributed by atoms with Gasteiger partial charge in [0, 0.05) is 56.4 Å². The van der Waals surface area contributed by atoms with Crippen molar-refractivity contribution in [1.82, 2.24) is 24.6 Å². The van der Waals surface area contributed by atoms with Crippen molar-refractivity contribution in [3.05, 3.63) is 69.5 Å². The van der Waals surface area contributed by atoms with Crippen molar-refractivity contribution in [1.29, 1.82) is 0 Å². The molecule has 1 saturated heterocycles. The highest BCUT2D eigenvalue weighted by atomic mass is 35.5. The van der Waals surface area contributed by atoms with E-state index in [0.29, 0.717) is 53.7 Å². The Morgan fingerprint density at radius 3 is 2.56 bits per heavy atom. The van der Waals surface area contributed by atoms with E-state index in [4.69, 9.17) is 16.7 Å². The molecule has 1 fully saturated rings. The molecular weight excluding hydrogens is 482 g/mol. The van der Waals surface area contributed by atoms with Gasteiger partial charge in [-0.3, -0.25) is 4.79 Å². The van der Waals surface area contributed by atoms with Crippen LogP contribution < -0.4 is 15.6 Å². The first-order chi connectivity index (χ1) is 17.3. The first-order valence-corrected chi connectivity index (χ1v) is 11.8. The predicted octanol–water partition coefficient (Wildman–Crippen LogP) is 3.90. The molecule has 2 aromatic heterocycles. The number of nitrogens with one attached hydrogen (secondary N) is 1. The van der Waals surface area contributed by atoms with Gasteiger partial charge in [0.1, 0.15) is 5.69 Å². The lowest BCUT2D eigenvalue weighted by molar-refractivity contribution is 0.142. The molecule has 184 valence electrons. The summed E-state index contributed by atoms with van der Waals surface area (Å²) in [6, 6.07) is 13.0. The Labute approximate surface area is 211 Å². The molecule has 3 heterocycles. The molecule has 1 amide bonds. The average Bonchev–Trinajstić information content (AvgIpc) is 2.87. The molecule has 2 aromatic carbocycles. The first-order valence-electron chi connectivity index (χ1n) is 11.4. The van der Waals surface area contributed by atoms with Crippen molar-refractivity contribution in [3.8, 4) is 11.3 Å². The number of halogens is 1. The number of aryl methyl sites for hydroxylation is 2. The minimum atomic E-state index is -0.880. The molecule has 0 radical (unpaired) electrons. The van der Waals surface area contributed by atoms with E-state index in [9.17, 15) is 9.59 Å². The number of fused-ring (bicyclic) bond motifs is 1. The van der Waals surface area contributed by atoms with Gasteiger partial charge in [0.05, 0.1) is 10.4 Å². The number of piperazine rings is 1. The average molecular weight is 506 g/mol. The quantitative estimate of drug-likeness (QED) is 0.429. The number of anilines is 3. The minimum absolute atomic E-state index is 0.246. The zero-order valence-corrected chi connectivity index (χ0v) is 20.5. The molecule has 0 spiro atoms. The largest absolute Gasteiger partial charge is 0.465 e. The van der Waals surface area contributed by atoms with Gasteiger partial charge >= 0.3 is 6.09 Å². The van der Waals surface area contributed by atoms with E-state index in [2.05, 4.69) is 25.3 Å². The third kappa shape index (κ3) is 4.42. The van der Waals surface area contributed by atoms with E-state index in [1.807, 2.05) is 25.1 Å². The number of carbonyl (C=O) groups is 1. The summed E-state index contributed by atoms with van der Waals surface area (Å²) in [4.78, 5) is 36.8. The summed E-state index contributed by atoms with van der Waals surface area (Å²) in [5.41, 5.74) is 3.82. The fourth-order valence-corrected chi connectivity index (χ4v) is 4.62. The maximum atomic E-state index is 13.1. The predicted molar refractivity (Wildman–Crippen MR) is 139 cm³/mol. The Bertz CT molecular complexity index is 1530. The van der Waals surface area contributed by atoms with Crippen LogP contribution >= 0.6 is 11.6 Å². The van der Waals surface area contributed by atoms with Gasteiger partial charge in [0.25, 0.3) is 0 Å². The summed E-state index contributed by atoms with van der Waals surface area (Å²) >= 11 is 6.28. The molecule has 0 aliphatic carbocycles. The molecule has 4 aromatic rings. The summed E-state index contributed by atoms with van der Waals surface area (Å²) < 4.78 is 1.55. The number of hydrogen-bond donors (Lipinski definition) is 2. The number of rotatable bonds is 4. The summed E-state index contributed by atoms with van der Waals surface area (Å²) in [5.74, 6) is 0.340. The SMILES string of the molecule is Cc1cc(Nc2ncc3c(=O)c(-c4ccccc4Cl)nn(C)c3n2)ccc1N1CCN(C(=O)O)CC1. The summed E-state index contributed by atoms with van der Waals surface area (Å²) in [6.45, 7) is 4.25. The van der Waals surface area contributed by atoms with Gasteiger partial charge in [-0.1, -0.05) is 29.8 Å². The lowest BCUT2D eigenvalue weighted by atomic mass is 10.1. The zero-order chi connectivity index (χ0) is 25.4. The van der Waals surface area contributed by atoms with Crippen LogP contribution in [0.3, 0.4) is 0 Å². The van der Waals surface area contributed by atoms with E-state index in [1.165, 1.54) is 11.1 Å². The fraction of sp³-hybridized carbons (Fsp3) is 0.240. The number of carboxylic acid groups (broad SMARTS) is 1. The van der Waals surface area contributed by atoms with Crippen molar-refractivity contribution in [2.45, 2.75) is 6.92 Å². The van der Waals surface area contributed by atoms with Crippen LogP contribution in [0.5, 0.6) is 0 Å². The monoisotopic (exact) mass is 505 g/mol. The molecule has 2 N–H and O–H groups in total. The van der Waals surface area contributed by atoms with Gasteiger partial charge < -0.3 is 20.2 Å². The molecule has 0 atom stereocenters. The Kier molecular flexibility index (Phi) is 6.19. The molecule has 0 saturated carbocycles. The molecule has 5 rings (SSSR count). The summed E-state index contributed by atoms with van der Waals surface area (Å²) in [5, 5.41) is 17.6. The Morgan fingerprint density at radius 2 is 1.86 bits per heavy atom. The standard InChI is InChI=1S/C25H24ClN7O3/c1-15-13-16(7-8-20(15)32-9-11-33(12-10-32)25(35)36)28-24-27-14-18-22(34)21(30-31(2)23(18)29-24)17-5-3-4-6-19(17)26/h3-8,13-14H,9-12H2,1-2H3,(H,35,36)(H,27,28,29). The fourth-order valence-electron chi connectivity index (χ4n) is 4.40. The van der Waals surface area contributed by atoms with Crippen molar-refractivity contribution in [2.75, 3.05) is 36.4 Å². The number of hydrogen-bond acceptors (Lipinski definition) is 7. The Morgan fingerprint density at radius 1 is 1.11 bits per heavy atom. The maximum Gasteiger partial charge on any atom is 0.407 e. The Balaban J connectivity index is 1.39. The van der Waals surface area contributed by atoms with Crippen LogP contribution in [0.25, 0.3) is 22.3 Å². The van der Waals surface area contributed by atoms with E-state index < -0.39 is 6.09 Å². The third-order valence-electron chi connectivity index (χ3n) is 6.26. The highest BCUT2D eigenvalue weighted by molar-refractivity contribution is 6.33. The number of amides is 1. The topological polar surface area (TPSA) is 116 Å². The second kappa shape index (κ2) is 9.46. The van der Waals surface area contributed by atoms with Crippen LogP contribution in [0.1, 0.15) is 5.56 Å². The molecular formula is C25H24ClN7O3. The van der Waals surface area contributed by atoms with Gasteiger partial charge in [0.2, 0.25) is 11.4 Å². The molecule has 1 aliphatic heterocycles. The van der Waals surface area contributed by atoms with Gasteiger partial charge in [0.15, 0.2) is 5.65 Å². The minimum Gasteiger partial charge on any atom is -0.465 e. The van der Waals surface area contributed by atoms with Crippen LogP contribution in [0.15, 0.2) is 53.5 Å². The molecule has 11 heteroatoms. The molecule has 36 heavy (non-hydrogen) atoms. The molecule has 10 nitrogen and oxygen atoms in total. The Hall–Kier alpha value is -4.18. The van der Waals surface area contributed by atoms with Gasteiger partial charge in [-0.05, 0) is 36.8 Å². The maximum absolute atomic E-state index is 13.1. The van der Waals surface area contributed by atoms with Gasteiger partial charge in [-0.2, -0.15) is 10.1 Å². The first kappa shape index (κ1) is 23.6. The van der Waals surface area contributed by atoms with E-state index in [1.54, 1.807) is 36.0 Å². The molecule has 0 bridgehead atoms. The summed E-state index contributed by atoms with van der Waals surface area (Å²) in [6.07, 6.45) is 0.618. The van der Waals surface area contributed by atoms with Crippen LogP contribution in [-0.2, 0) is 7.05 Å². The van der Waals surface area contributed by atoms with Crippen molar-refractivity contribution >= 4 is 46.1 Å². The molecule has 1 aliphatic rings. The van der Waals surface area contributed by atoms with Crippen molar-refractivity contribution in [2.24, 2.45) is 7.05 Å². The van der Waals surface area contributed by atoms with Crippen molar-refractivity contribution in [3.63, 3.8) is 0 Å². The lowest BCUT2D eigenvalue weighted by Gasteiger charge is -2.35. The molecule has 0 unspecified atom stereocenters. The van der Waals surface area contributed by atoms with Gasteiger partial charge in [-0.15, -0.1) is 0 Å².